The number of nitrogens with zero attached hydrogens (tertiary/aromatic N) is 1. The van der Waals surface area contributed by atoms with E-state index in [4.69, 9.17) is 0 Å². The number of nitrogens with one attached hydrogen (secondary N) is 1. The largest absolute Gasteiger partial charge is 0.376 e. The molecule has 0 aliphatic heterocycles. The molecule has 0 aliphatic rings. The number of anilines is 1. The van der Waals surface area contributed by atoms with Crippen LogP contribution in [0.2, 0.25) is 0 Å². The summed E-state index contributed by atoms with van der Waals surface area (Å²) in [5, 5.41) is 3.13. The highest BCUT2D eigenvalue weighted by molar-refractivity contribution is 7.80. The van der Waals surface area contributed by atoms with Crippen molar-refractivity contribution in [2.45, 2.75) is 0 Å². The van der Waals surface area contributed by atoms with Gasteiger partial charge in [0, 0.05) is 23.8 Å². The molecule has 1 heterocycles. The summed E-state index contributed by atoms with van der Waals surface area (Å²) in [7, 11) is 0. The van der Waals surface area contributed by atoms with Gasteiger partial charge in [-0.3, -0.25) is 0 Å². The average molecular weight is 204 g/mol. The Morgan fingerprint density at radius 2 is 1.71 bits per heavy atom. The molecule has 1 aromatic carbocycles. The molecule has 0 radical (unpaired) electrons. The van der Waals surface area contributed by atoms with Crippen LogP contribution in [0, 0.1) is 0 Å². The highest BCUT2D eigenvalue weighted by atomic mass is 32.1. The van der Waals surface area contributed by atoms with Gasteiger partial charge >= 0.3 is 0 Å². The van der Waals surface area contributed by atoms with Crippen molar-refractivity contribution in [3.8, 4) is 5.69 Å². The second kappa shape index (κ2) is 4.24. The molecule has 1 aromatic heterocycles. The number of benzene rings is 1. The number of hydrogen-bond donors (Lipinski definition) is 2. The van der Waals surface area contributed by atoms with E-state index in [0.717, 1.165) is 5.69 Å². The fraction of sp³-hybridized carbons (Fsp3) is 0.0909. The van der Waals surface area contributed by atoms with Crippen LogP contribution in [0.5, 0.6) is 0 Å². The number of rotatable bonds is 3. The number of thiol groups is 1. The number of aromatic nitrogens is 1. The Morgan fingerprint density at radius 1 is 1.07 bits per heavy atom. The van der Waals surface area contributed by atoms with E-state index in [-0.39, 0.29) is 0 Å². The van der Waals surface area contributed by atoms with E-state index in [9.17, 15) is 0 Å². The van der Waals surface area contributed by atoms with E-state index < -0.39 is 0 Å². The molecule has 0 saturated carbocycles. The van der Waals surface area contributed by atoms with Crippen LogP contribution in [-0.2, 0) is 0 Å². The van der Waals surface area contributed by atoms with Gasteiger partial charge in [0.25, 0.3) is 0 Å². The number of hydrogen-bond acceptors (Lipinski definition) is 2. The average Bonchev–Trinajstić information content (AvgIpc) is 2.72. The minimum Gasteiger partial charge on any atom is -0.376 e. The summed E-state index contributed by atoms with van der Waals surface area (Å²) in [6.45, 7) is 0. The maximum atomic E-state index is 4.10. The van der Waals surface area contributed by atoms with Gasteiger partial charge in [-0.15, -0.1) is 0 Å². The Morgan fingerprint density at radius 3 is 2.29 bits per heavy atom. The SMILES string of the molecule is SCNc1ccc(-n2cccc2)cc1. The first-order chi connectivity index (χ1) is 6.90. The van der Waals surface area contributed by atoms with Crippen LogP contribution in [0.3, 0.4) is 0 Å². The van der Waals surface area contributed by atoms with Crippen molar-refractivity contribution in [3.05, 3.63) is 48.8 Å². The maximum absolute atomic E-state index is 4.10. The van der Waals surface area contributed by atoms with Crippen molar-refractivity contribution in [3.63, 3.8) is 0 Å². The molecule has 2 rings (SSSR count). The summed E-state index contributed by atoms with van der Waals surface area (Å²) < 4.78 is 2.07. The van der Waals surface area contributed by atoms with Crippen LogP contribution in [0.4, 0.5) is 5.69 Å². The van der Waals surface area contributed by atoms with Gasteiger partial charge in [-0.05, 0) is 36.4 Å². The van der Waals surface area contributed by atoms with Crippen molar-refractivity contribution >= 4 is 18.3 Å². The third kappa shape index (κ3) is 1.93. The summed E-state index contributed by atoms with van der Waals surface area (Å²) in [6.07, 6.45) is 4.06. The zero-order chi connectivity index (χ0) is 9.80. The minimum absolute atomic E-state index is 0.656. The highest BCUT2D eigenvalue weighted by Gasteiger charge is 1.94. The van der Waals surface area contributed by atoms with Crippen molar-refractivity contribution < 1.29 is 0 Å². The zero-order valence-electron chi connectivity index (χ0n) is 7.72. The highest BCUT2D eigenvalue weighted by Crippen LogP contribution is 2.13. The zero-order valence-corrected chi connectivity index (χ0v) is 8.61. The Kier molecular flexibility index (Phi) is 2.79. The van der Waals surface area contributed by atoms with Crippen LogP contribution in [0.1, 0.15) is 0 Å². The van der Waals surface area contributed by atoms with Gasteiger partial charge in [0.15, 0.2) is 0 Å². The standard InChI is InChI=1S/C11H12N2S/c14-9-12-10-3-5-11(6-4-10)13-7-1-2-8-13/h1-8,12,14H,9H2. The third-order valence-electron chi connectivity index (χ3n) is 2.05. The van der Waals surface area contributed by atoms with Gasteiger partial charge < -0.3 is 9.88 Å². The molecule has 0 atom stereocenters. The van der Waals surface area contributed by atoms with E-state index in [0.29, 0.717) is 5.88 Å². The predicted molar refractivity (Wildman–Crippen MR) is 63.2 cm³/mol. The topological polar surface area (TPSA) is 17.0 Å². The van der Waals surface area contributed by atoms with E-state index in [1.165, 1.54) is 5.69 Å². The summed E-state index contributed by atoms with van der Waals surface area (Å²) in [5.41, 5.74) is 2.26. The second-order valence-corrected chi connectivity index (χ2v) is 3.29. The van der Waals surface area contributed by atoms with Crippen LogP contribution in [0.15, 0.2) is 48.8 Å². The van der Waals surface area contributed by atoms with Gasteiger partial charge in [0.1, 0.15) is 0 Å². The van der Waals surface area contributed by atoms with E-state index in [1.807, 2.05) is 36.7 Å². The fourth-order valence-corrected chi connectivity index (χ4v) is 1.53. The summed E-state index contributed by atoms with van der Waals surface area (Å²) in [4.78, 5) is 0. The smallest absolute Gasteiger partial charge is 0.0581 e. The van der Waals surface area contributed by atoms with Crippen molar-refractivity contribution in [2.75, 3.05) is 11.2 Å². The first-order valence-corrected chi connectivity index (χ1v) is 5.11. The van der Waals surface area contributed by atoms with Gasteiger partial charge in [-0.1, -0.05) is 0 Å². The lowest BCUT2D eigenvalue weighted by Gasteiger charge is -2.05. The molecule has 3 heteroatoms. The van der Waals surface area contributed by atoms with Crippen LogP contribution < -0.4 is 5.32 Å². The molecule has 0 fully saturated rings. The maximum Gasteiger partial charge on any atom is 0.0581 e. The Labute approximate surface area is 89.0 Å². The lowest BCUT2D eigenvalue weighted by atomic mass is 10.3. The van der Waals surface area contributed by atoms with Gasteiger partial charge in [0.05, 0.1) is 5.88 Å². The normalized spacial score (nSPS) is 10.1. The van der Waals surface area contributed by atoms with Gasteiger partial charge in [-0.2, -0.15) is 12.6 Å². The van der Waals surface area contributed by atoms with Crippen molar-refractivity contribution in [1.82, 2.24) is 4.57 Å². The Balaban J connectivity index is 2.22. The molecular formula is C11H12N2S. The first kappa shape index (κ1) is 9.21. The first-order valence-electron chi connectivity index (χ1n) is 4.48. The second-order valence-electron chi connectivity index (χ2n) is 2.97. The molecule has 0 spiro atoms. The minimum atomic E-state index is 0.656. The molecule has 1 N–H and O–H groups in total. The third-order valence-corrected chi connectivity index (χ3v) is 2.21. The molecule has 0 aliphatic carbocycles. The van der Waals surface area contributed by atoms with Crippen LogP contribution in [0.25, 0.3) is 5.69 Å². The van der Waals surface area contributed by atoms with Gasteiger partial charge in [0.2, 0.25) is 0 Å². The lowest BCUT2D eigenvalue weighted by Crippen LogP contribution is -1.95. The van der Waals surface area contributed by atoms with Crippen LogP contribution in [-0.4, -0.2) is 10.4 Å². The molecule has 0 amide bonds. The Hall–Kier alpha value is -1.35. The van der Waals surface area contributed by atoms with E-state index in [1.54, 1.807) is 0 Å². The summed E-state index contributed by atoms with van der Waals surface area (Å²) in [5.74, 6) is 0.656. The molecule has 72 valence electrons. The molecule has 0 unspecified atom stereocenters. The summed E-state index contributed by atoms with van der Waals surface area (Å²) >= 11 is 4.10. The molecule has 14 heavy (non-hydrogen) atoms. The molecule has 0 saturated heterocycles. The van der Waals surface area contributed by atoms with Crippen molar-refractivity contribution in [2.24, 2.45) is 0 Å². The monoisotopic (exact) mass is 204 g/mol. The van der Waals surface area contributed by atoms with Crippen LogP contribution >= 0.6 is 12.6 Å². The lowest BCUT2D eigenvalue weighted by molar-refractivity contribution is 1.08. The molecule has 0 bridgehead atoms. The fourth-order valence-electron chi connectivity index (χ4n) is 1.35. The van der Waals surface area contributed by atoms with E-state index >= 15 is 0 Å². The summed E-state index contributed by atoms with van der Waals surface area (Å²) in [6, 6.07) is 12.3. The molecular weight excluding hydrogens is 192 g/mol. The molecule has 2 aromatic rings. The quantitative estimate of drug-likeness (QED) is 0.580. The predicted octanol–water partition coefficient (Wildman–Crippen LogP) is 2.78. The van der Waals surface area contributed by atoms with Gasteiger partial charge in [-0.25, -0.2) is 0 Å². The molecule has 2 nitrogen and oxygen atoms in total. The van der Waals surface area contributed by atoms with Crippen molar-refractivity contribution in [1.29, 1.82) is 0 Å². The Bertz CT molecular complexity index is 378. The van der Waals surface area contributed by atoms with E-state index in [2.05, 4.69) is 34.6 Å².